The fourth-order valence-corrected chi connectivity index (χ4v) is 3.43. The number of rotatable bonds is 4. The van der Waals surface area contributed by atoms with Crippen LogP contribution >= 0.6 is 11.8 Å². The second kappa shape index (κ2) is 8.11. The minimum atomic E-state index is -0.0345. The van der Waals surface area contributed by atoms with Gasteiger partial charge in [0.1, 0.15) is 0 Å². The average Bonchev–Trinajstić information content (AvgIpc) is 3.00. The normalized spacial score (nSPS) is 17.1. The van der Waals surface area contributed by atoms with Gasteiger partial charge in [-0.15, -0.1) is 0 Å². The molecular weight excluding hydrogens is 282 g/mol. The molecule has 1 amide bonds. The van der Waals surface area contributed by atoms with Gasteiger partial charge in [0, 0.05) is 29.3 Å². The van der Waals surface area contributed by atoms with Crippen LogP contribution in [0.15, 0.2) is 18.2 Å². The van der Waals surface area contributed by atoms with Gasteiger partial charge < -0.3 is 10.4 Å². The van der Waals surface area contributed by atoms with Gasteiger partial charge in [-0.25, -0.2) is 0 Å². The molecule has 112 valence electrons. The third-order valence-corrected chi connectivity index (χ3v) is 4.87. The Morgan fingerprint density at radius 3 is 3.10 bits per heavy atom. The number of nitrogens with one attached hydrogen (secondary N) is 1. The highest BCUT2D eigenvalue weighted by molar-refractivity contribution is 8.00. The van der Waals surface area contributed by atoms with E-state index in [1.54, 1.807) is 0 Å². The first-order chi connectivity index (χ1) is 10.2. The molecule has 3 nitrogen and oxygen atoms in total. The Bertz CT molecular complexity index is 554. The van der Waals surface area contributed by atoms with Crippen LogP contribution in [0, 0.1) is 18.8 Å². The standard InChI is InChI=1S/C17H21NO2S/c1-13-7-8-15(11-14(13)5-2-3-9-19)17(20)18-12-16-6-4-10-21-16/h7-8,11,16,19H,3-4,6,9-10,12H2,1H3,(H,18,20). The van der Waals surface area contributed by atoms with Gasteiger partial charge in [0.2, 0.25) is 0 Å². The Labute approximate surface area is 130 Å². The molecule has 0 spiro atoms. The molecule has 2 N–H and O–H groups in total. The van der Waals surface area contributed by atoms with Gasteiger partial charge in [-0.05, 0) is 43.2 Å². The number of aryl methyl sites for hydroxylation is 1. The first-order valence-electron chi connectivity index (χ1n) is 7.31. The summed E-state index contributed by atoms with van der Waals surface area (Å²) in [6.45, 7) is 2.77. The Balaban J connectivity index is 2.00. The SMILES string of the molecule is Cc1ccc(C(=O)NCC2CCCS2)cc1C#CCCO. The van der Waals surface area contributed by atoms with Crippen LogP contribution in [0.25, 0.3) is 0 Å². The maximum atomic E-state index is 12.2. The summed E-state index contributed by atoms with van der Waals surface area (Å²) in [4.78, 5) is 12.2. The molecule has 0 aromatic heterocycles. The van der Waals surface area contributed by atoms with Crippen molar-refractivity contribution in [2.24, 2.45) is 0 Å². The maximum Gasteiger partial charge on any atom is 0.251 e. The topological polar surface area (TPSA) is 49.3 Å². The third kappa shape index (κ3) is 4.80. The summed E-state index contributed by atoms with van der Waals surface area (Å²) in [5.74, 6) is 7.08. The van der Waals surface area contributed by atoms with Crippen molar-refractivity contribution in [2.45, 2.75) is 31.4 Å². The van der Waals surface area contributed by atoms with Crippen molar-refractivity contribution in [3.8, 4) is 11.8 Å². The molecule has 0 aliphatic carbocycles. The van der Waals surface area contributed by atoms with E-state index in [1.165, 1.54) is 18.6 Å². The lowest BCUT2D eigenvalue weighted by molar-refractivity contribution is 0.0953. The fourth-order valence-electron chi connectivity index (χ4n) is 2.23. The van der Waals surface area contributed by atoms with Crippen molar-refractivity contribution in [1.29, 1.82) is 0 Å². The molecule has 1 aliphatic heterocycles. The Kier molecular flexibility index (Phi) is 6.16. The van der Waals surface area contributed by atoms with E-state index < -0.39 is 0 Å². The maximum absolute atomic E-state index is 12.2. The quantitative estimate of drug-likeness (QED) is 0.840. The molecule has 0 radical (unpaired) electrons. The second-order valence-electron chi connectivity index (χ2n) is 5.15. The van der Waals surface area contributed by atoms with E-state index in [0.29, 0.717) is 17.2 Å². The predicted molar refractivity (Wildman–Crippen MR) is 87.6 cm³/mol. The van der Waals surface area contributed by atoms with Crippen molar-refractivity contribution in [1.82, 2.24) is 5.32 Å². The van der Waals surface area contributed by atoms with Crippen LogP contribution < -0.4 is 5.32 Å². The Morgan fingerprint density at radius 1 is 1.52 bits per heavy atom. The summed E-state index contributed by atoms with van der Waals surface area (Å²) < 4.78 is 0. The van der Waals surface area contributed by atoms with Gasteiger partial charge in [-0.1, -0.05) is 17.9 Å². The van der Waals surface area contributed by atoms with E-state index in [1.807, 2.05) is 36.9 Å². The zero-order chi connectivity index (χ0) is 15.1. The van der Waals surface area contributed by atoms with E-state index in [2.05, 4.69) is 17.2 Å². The number of amides is 1. The molecule has 1 fully saturated rings. The molecule has 2 rings (SSSR count). The Morgan fingerprint density at radius 2 is 2.38 bits per heavy atom. The van der Waals surface area contributed by atoms with Crippen molar-refractivity contribution < 1.29 is 9.90 Å². The third-order valence-electron chi connectivity index (χ3n) is 3.47. The number of hydrogen-bond acceptors (Lipinski definition) is 3. The van der Waals surface area contributed by atoms with Crippen molar-refractivity contribution in [3.05, 3.63) is 34.9 Å². The lowest BCUT2D eigenvalue weighted by atomic mass is 10.0. The van der Waals surface area contributed by atoms with Crippen LogP contribution in [0.5, 0.6) is 0 Å². The van der Waals surface area contributed by atoms with Crippen molar-refractivity contribution in [2.75, 3.05) is 18.9 Å². The first-order valence-corrected chi connectivity index (χ1v) is 8.36. The van der Waals surface area contributed by atoms with E-state index in [9.17, 15) is 4.79 Å². The minimum absolute atomic E-state index is 0.0345. The smallest absolute Gasteiger partial charge is 0.251 e. The molecule has 1 aromatic rings. The van der Waals surface area contributed by atoms with Crippen LogP contribution in [0.3, 0.4) is 0 Å². The zero-order valence-corrected chi connectivity index (χ0v) is 13.1. The molecule has 0 saturated carbocycles. The summed E-state index contributed by atoms with van der Waals surface area (Å²) in [5.41, 5.74) is 2.55. The molecule has 1 saturated heterocycles. The summed E-state index contributed by atoms with van der Waals surface area (Å²) in [6, 6.07) is 5.59. The van der Waals surface area contributed by atoms with Gasteiger partial charge in [-0.2, -0.15) is 11.8 Å². The van der Waals surface area contributed by atoms with Crippen molar-refractivity contribution in [3.63, 3.8) is 0 Å². The minimum Gasteiger partial charge on any atom is -0.395 e. The Hall–Kier alpha value is -1.44. The van der Waals surface area contributed by atoms with Gasteiger partial charge in [0.15, 0.2) is 0 Å². The van der Waals surface area contributed by atoms with Crippen LogP contribution in [-0.2, 0) is 0 Å². The molecule has 1 unspecified atom stereocenters. The average molecular weight is 303 g/mol. The van der Waals surface area contributed by atoms with Gasteiger partial charge in [-0.3, -0.25) is 4.79 Å². The van der Waals surface area contributed by atoms with E-state index >= 15 is 0 Å². The highest BCUT2D eigenvalue weighted by Crippen LogP contribution is 2.25. The van der Waals surface area contributed by atoms with E-state index in [0.717, 1.165) is 17.7 Å². The molecule has 1 atom stereocenters. The number of carbonyl (C=O) groups excluding carboxylic acids is 1. The lowest BCUT2D eigenvalue weighted by Crippen LogP contribution is -2.29. The summed E-state index contributed by atoms with van der Waals surface area (Å²) in [6.07, 6.45) is 2.89. The molecule has 21 heavy (non-hydrogen) atoms. The number of carbonyl (C=O) groups is 1. The number of benzene rings is 1. The monoisotopic (exact) mass is 303 g/mol. The summed E-state index contributed by atoms with van der Waals surface area (Å²) in [7, 11) is 0. The van der Waals surface area contributed by atoms with Gasteiger partial charge in [0.05, 0.1) is 6.61 Å². The van der Waals surface area contributed by atoms with Crippen LogP contribution in [0.4, 0.5) is 0 Å². The molecule has 0 bridgehead atoms. The summed E-state index contributed by atoms with van der Waals surface area (Å²) in [5, 5.41) is 12.3. The fraction of sp³-hybridized carbons (Fsp3) is 0.471. The summed E-state index contributed by atoms with van der Waals surface area (Å²) >= 11 is 1.94. The number of hydrogen-bond donors (Lipinski definition) is 2. The largest absolute Gasteiger partial charge is 0.395 e. The molecule has 1 aromatic carbocycles. The van der Waals surface area contributed by atoms with Crippen LogP contribution in [-0.4, -0.2) is 35.2 Å². The number of aliphatic hydroxyl groups excluding tert-OH is 1. The van der Waals surface area contributed by atoms with Crippen molar-refractivity contribution >= 4 is 17.7 Å². The van der Waals surface area contributed by atoms with Gasteiger partial charge in [0.25, 0.3) is 5.91 Å². The lowest BCUT2D eigenvalue weighted by Gasteiger charge is -2.10. The molecule has 4 heteroatoms. The first kappa shape index (κ1) is 15.9. The van der Waals surface area contributed by atoms with Crippen LogP contribution in [0.1, 0.15) is 40.7 Å². The second-order valence-corrected chi connectivity index (χ2v) is 6.56. The highest BCUT2D eigenvalue weighted by atomic mass is 32.2. The number of thioether (sulfide) groups is 1. The molecular formula is C17H21NO2S. The predicted octanol–water partition coefficient (Wildman–Crippen LogP) is 2.35. The van der Waals surface area contributed by atoms with Gasteiger partial charge >= 0.3 is 0 Å². The number of aliphatic hydroxyl groups is 1. The van der Waals surface area contributed by atoms with E-state index in [-0.39, 0.29) is 12.5 Å². The van der Waals surface area contributed by atoms with Crippen LogP contribution in [0.2, 0.25) is 0 Å². The zero-order valence-electron chi connectivity index (χ0n) is 12.3. The molecule has 1 aliphatic rings. The highest BCUT2D eigenvalue weighted by Gasteiger charge is 2.16. The molecule has 1 heterocycles. The van der Waals surface area contributed by atoms with E-state index in [4.69, 9.17) is 5.11 Å².